The zero-order valence-electron chi connectivity index (χ0n) is 12.7. The van der Waals surface area contributed by atoms with Crippen LogP contribution in [0.5, 0.6) is 0 Å². The molecule has 110 valence electrons. The molecule has 3 unspecified atom stereocenters. The number of hydrogen-bond donors (Lipinski definition) is 2. The van der Waals surface area contributed by atoms with Gasteiger partial charge in [0.2, 0.25) is 5.91 Å². The van der Waals surface area contributed by atoms with Crippen molar-refractivity contribution in [3.05, 3.63) is 0 Å². The Bertz CT molecular complexity index is 353. The molecule has 2 bridgehead atoms. The number of nitrogens with one attached hydrogen (secondary N) is 1. The van der Waals surface area contributed by atoms with E-state index in [4.69, 9.17) is 5.73 Å². The van der Waals surface area contributed by atoms with Crippen molar-refractivity contribution in [1.29, 1.82) is 0 Å². The summed E-state index contributed by atoms with van der Waals surface area (Å²) in [5.74, 6) is 1.74. The smallest absolute Gasteiger partial charge is 0.237 e. The summed E-state index contributed by atoms with van der Waals surface area (Å²) in [4.78, 5) is 12.3. The minimum Gasteiger partial charge on any atom is -0.351 e. The monoisotopic (exact) mass is 284 g/mol. The molecule has 0 aromatic rings. The van der Waals surface area contributed by atoms with Gasteiger partial charge in [-0.1, -0.05) is 20.8 Å². The van der Waals surface area contributed by atoms with Crippen molar-refractivity contribution in [2.75, 3.05) is 12.0 Å². The van der Waals surface area contributed by atoms with Crippen molar-refractivity contribution in [3.63, 3.8) is 0 Å². The average molecular weight is 284 g/mol. The van der Waals surface area contributed by atoms with Crippen molar-refractivity contribution >= 4 is 17.7 Å². The Kier molecular flexibility index (Phi) is 4.22. The van der Waals surface area contributed by atoms with Crippen molar-refractivity contribution < 1.29 is 4.79 Å². The van der Waals surface area contributed by atoms with Crippen LogP contribution in [-0.4, -0.2) is 30.0 Å². The maximum absolute atomic E-state index is 12.3. The van der Waals surface area contributed by atoms with Crippen molar-refractivity contribution in [2.45, 2.75) is 58.5 Å². The molecule has 2 aliphatic rings. The summed E-state index contributed by atoms with van der Waals surface area (Å²) in [6.07, 6.45) is 6.62. The van der Waals surface area contributed by atoms with Gasteiger partial charge in [0.15, 0.2) is 0 Å². The molecule has 1 amide bonds. The molecule has 4 heteroatoms. The van der Waals surface area contributed by atoms with Crippen LogP contribution in [0.1, 0.15) is 46.5 Å². The quantitative estimate of drug-likeness (QED) is 0.815. The lowest BCUT2D eigenvalue weighted by atomic mass is 9.68. The largest absolute Gasteiger partial charge is 0.351 e. The molecule has 0 aromatic heterocycles. The molecule has 3 N–H and O–H groups in total. The SMILES string of the molecule is CSCC[C@@H](N)C(=O)NC1C2(C)CCC(C2)C1(C)C. The van der Waals surface area contributed by atoms with Gasteiger partial charge >= 0.3 is 0 Å². The number of amides is 1. The molecule has 4 atom stereocenters. The summed E-state index contributed by atoms with van der Waals surface area (Å²) >= 11 is 1.74. The number of thioether (sulfide) groups is 1. The molecule has 3 nitrogen and oxygen atoms in total. The number of rotatable bonds is 5. The van der Waals surface area contributed by atoms with E-state index in [1.165, 1.54) is 19.3 Å². The molecule has 2 saturated carbocycles. The lowest BCUT2D eigenvalue weighted by molar-refractivity contribution is -0.125. The summed E-state index contributed by atoms with van der Waals surface area (Å²) < 4.78 is 0. The molecular weight excluding hydrogens is 256 g/mol. The minimum absolute atomic E-state index is 0.0425. The Morgan fingerprint density at radius 1 is 1.47 bits per heavy atom. The van der Waals surface area contributed by atoms with E-state index in [1.807, 2.05) is 6.26 Å². The van der Waals surface area contributed by atoms with E-state index >= 15 is 0 Å². The van der Waals surface area contributed by atoms with E-state index in [1.54, 1.807) is 11.8 Å². The van der Waals surface area contributed by atoms with E-state index in [-0.39, 0.29) is 28.8 Å². The van der Waals surface area contributed by atoms with Crippen LogP contribution in [-0.2, 0) is 4.79 Å². The minimum atomic E-state index is -0.356. The van der Waals surface area contributed by atoms with Gasteiger partial charge in [0.25, 0.3) is 0 Å². The van der Waals surface area contributed by atoms with Crippen molar-refractivity contribution in [2.24, 2.45) is 22.5 Å². The van der Waals surface area contributed by atoms with E-state index in [2.05, 4.69) is 26.1 Å². The molecule has 0 spiro atoms. The fraction of sp³-hybridized carbons (Fsp3) is 0.933. The zero-order valence-corrected chi connectivity index (χ0v) is 13.5. The molecule has 0 radical (unpaired) electrons. The van der Waals surface area contributed by atoms with Crippen LogP contribution >= 0.6 is 11.8 Å². The van der Waals surface area contributed by atoms with Crippen LogP contribution < -0.4 is 11.1 Å². The van der Waals surface area contributed by atoms with Crippen LogP contribution in [0.25, 0.3) is 0 Å². The van der Waals surface area contributed by atoms with Gasteiger partial charge in [-0.15, -0.1) is 0 Å². The fourth-order valence-electron chi connectivity index (χ4n) is 4.29. The number of carbonyl (C=O) groups excluding carboxylic acids is 1. The normalized spacial score (nSPS) is 37.3. The third-order valence-corrected chi connectivity index (χ3v) is 6.17. The van der Waals surface area contributed by atoms with Crippen molar-refractivity contribution in [3.8, 4) is 0 Å². The maximum Gasteiger partial charge on any atom is 0.237 e. The number of carbonyl (C=O) groups is 1. The molecule has 0 aromatic carbocycles. The summed E-state index contributed by atoms with van der Waals surface area (Å²) in [5.41, 5.74) is 6.48. The van der Waals surface area contributed by atoms with Gasteiger partial charge in [0.1, 0.15) is 0 Å². The Labute approximate surface area is 121 Å². The Hall–Kier alpha value is -0.220. The average Bonchev–Trinajstić information content (AvgIpc) is 2.82. The highest BCUT2D eigenvalue weighted by molar-refractivity contribution is 7.98. The van der Waals surface area contributed by atoms with Gasteiger partial charge < -0.3 is 11.1 Å². The van der Waals surface area contributed by atoms with Crippen molar-refractivity contribution in [1.82, 2.24) is 5.32 Å². The van der Waals surface area contributed by atoms with Crippen LogP contribution in [0.3, 0.4) is 0 Å². The number of nitrogens with two attached hydrogens (primary N) is 1. The van der Waals surface area contributed by atoms with Crippen LogP contribution in [0.4, 0.5) is 0 Å². The predicted molar refractivity (Wildman–Crippen MR) is 82.1 cm³/mol. The lowest BCUT2D eigenvalue weighted by Crippen LogP contribution is -2.56. The molecule has 2 rings (SSSR count). The van der Waals surface area contributed by atoms with Gasteiger partial charge in [0.05, 0.1) is 6.04 Å². The van der Waals surface area contributed by atoms with Crippen LogP contribution in [0.2, 0.25) is 0 Å². The first-order valence-corrected chi connectivity index (χ1v) is 8.75. The predicted octanol–water partition coefficient (Wildman–Crippen LogP) is 2.40. The molecule has 2 aliphatic carbocycles. The highest BCUT2D eigenvalue weighted by atomic mass is 32.2. The van der Waals surface area contributed by atoms with Gasteiger partial charge in [-0.25, -0.2) is 0 Å². The van der Waals surface area contributed by atoms with Crippen LogP contribution in [0, 0.1) is 16.7 Å². The van der Waals surface area contributed by atoms with Gasteiger partial charge in [0, 0.05) is 6.04 Å². The topological polar surface area (TPSA) is 55.1 Å². The third kappa shape index (κ3) is 2.66. The number of fused-ring (bicyclic) bond motifs is 2. The second-order valence-electron chi connectivity index (χ2n) is 7.24. The first-order valence-electron chi connectivity index (χ1n) is 7.36. The summed E-state index contributed by atoms with van der Waals surface area (Å²) in [6, 6.07) is -0.0717. The fourth-order valence-corrected chi connectivity index (χ4v) is 4.78. The van der Waals surface area contributed by atoms with E-state index < -0.39 is 0 Å². The Morgan fingerprint density at radius 2 is 2.16 bits per heavy atom. The lowest BCUT2D eigenvalue weighted by Gasteiger charge is -2.43. The highest BCUT2D eigenvalue weighted by Crippen LogP contribution is 2.62. The number of hydrogen-bond acceptors (Lipinski definition) is 3. The van der Waals surface area contributed by atoms with Crippen LogP contribution in [0.15, 0.2) is 0 Å². The molecular formula is C15H28N2OS. The Morgan fingerprint density at radius 3 is 2.68 bits per heavy atom. The second-order valence-corrected chi connectivity index (χ2v) is 8.23. The molecule has 0 heterocycles. The van der Waals surface area contributed by atoms with Gasteiger partial charge in [-0.2, -0.15) is 11.8 Å². The second kappa shape index (κ2) is 5.28. The third-order valence-electron chi connectivity index (χ3n) is 5.53. The standard InChI is InChI=1S/C15H28N2OS/c1-14(2)10-5-7-15(3,9-10)13(14)17-12(18)11(16)6-8-19-4/h10-11,13H,5-9,16H2,1-4H3,(H,17,18)/t10?,11-,13?,15?/m1/s1. The van der Waals surface area contributed by atoms with E-state index in [9.17, 15) is 4.79 Å². The molecule has 0 aliphatic heterocycles. The first kappa shape index (κ1) is 15.2. The summed E-state index contributed by atoms with van der Waals surface area (Å²) in [6.45, 7) is 6.95. The van der Waals surface area contributed by atoms with Gasteiger partial charge in [-0.05, 0) is 54.4 Å². The molecule has 19 heavy (non-hydrogen) atoms. The van der Waals surface area contributed by atoms with E-state index in [0.29, 0.717) is 0 Å². The molecule has 2 fully saturated rings. The molecule has 0 saturated heterocycles. The summed E-state index contributed by atoms with van der Waals surface area (Å²) in [7, 11) is 0. The zero-order chi connectivity index (χ0) is 14.3. The highest BCUT2D eigenvalue weighted by Gasteiger charge is 2.59. The van der Waals surface area contributed by atoms with Gasteiger partial charge in [-0.3, -0.25) is 4.79 Å². The first-order chi connectivity index (χ1) is 8.81. The Balaban J connectivity index is 2.00. The van der Waals surface area contributed by atoms with E-state index in [0.717, 1.165) is 18.1 Å². The maximum atomic E-state index is 12.3. The summed E-state index contributed by atoms with van der Waals surface area (Å²) in [5, 5.41) is 3.28.